The highest BCUT2D eigenvalue weighted by Gasteiger charge is 2.26. The lowest BCUT2D eigenvalue weighted by molar-refractivity contribution is 0.579. The maximum Gasteiger partial charge on any atom is 0.332 e. The second-order valence-electron chi connectivity index (χ2n) is 5.72. The van der Waals surface area contributed by atoms with Crippen molar-refractivity contribution in [3.63, 3.8) is 0 Å². The summed E-state index contributed by atoms with van der Waals surface area (Å²) in [5.41, 5.74) is -0.833. The summed E-state index contributed by atoms with van der Waals surface area (Å²) in [6.45, 7) is 0. The summed E-state index contributed by atoms with van der Waals surface area (Å²) in [7, 11) is 0.209. The lowest BCUT2D eigenvalue weighted by Gasteiger charge is -2.05. The largest absolute Gasteiger partial charge is 0.332 e. The first kappa shape index (κ1) is 17.1. The summed E-state index contributed by atoms with van der Waals surface area (Å²) in [6, 6.07) is 5.06. The zero-order valence-corrected chi connectivity index (χ0v) is 14.5. The van der Waals surface area contributed by atoms with E-state index >= 15 is 0 Å². The Kier molecular flexibility index (Phi) is 3.87. The molecule has 2 heterocycles. The zero-order chi connectivity index (χ0) is 18.5. The highest BCUT2D eigenvalue weighted by molar-refractivity contribution is 7.90. The summed E-state index contributed by atoms with van der Waals surface area (Å²) >= 11 is 0. The van der Waals surface area contributed by atoms with Gasteiger partial charge in [0.05, 0.1) is 5.75 Å². The fourth-order valence-electron chi connectivity index (χ4n) is 2.64. The van der Waals surface area contributed by atoms with Crippen molar-refractivity contribution < 1.29 is 12.8 Å². The van der Waals surface area contributed by atoms with Gasteiger partial charge in [-0.05, 0) is 17.7 Å². The number of halogens is 1. The summed E-state index contributed by atoms with van der Waals surface area (Å²) < 4.78 is 41.5. The lowest BCUT2D eigenvalue weighted by Crippen LogP contribution is -2.37. The van der Waals surface area contributed by atoms with E-state index in [2.05, 4.69) is 4.98 Å². The van der Waals surface area contributed by atoms with Gasteiger partial charge in [-0.15, -0.1) is 0 Å². The number of hydrogen-bond acceptors (Lipinski definition) is 5. The van der Waals surface area contributed by atoms with Gasteiger partial charge >= 0.3 is 5.69 Å². The van der Waals surface area contributed by atoms with E-state index in [4.69, 9.17) is 0 Å². The number of benzene rings is 1. The molecule has 0 bridgehead atoms. The fraction of sp³-hybridized carbons (Fsp3) is 0.267. The molecule has 0 spiro atoms. The maximum absolute atomic E-state index is 13.0. The monoisotopic (exact) mass is 366 g/mol. The molecule has 132 valence electrons. The minimum Gasteiger partial charge on any atom is -0.312 e. The van der Waals surface area contributed by atoms with E-state index in [1.807, 2.05) is 0 Å². The Morgan fingerprint density at radius 3 is 2.20 bits per heavy atom. The second kappa shape index (κ2) is 5.66. The van der Waals surface area contributed by atoms with Crippen molar-refractivity contribution >= 4 is 21.0 Å². The Labute approximate surface area is 141 Å². The quantitative estimate of drug-likeness (QED) is 0.654. The van der Waals surface area contributed by atoms with Gasteiger partial charge in [0, 0.05) is 21.1 Å². The third kappa shape index (κ3) is 2.68. The van der Waals surface area contributed by atoms with Crippen molar-refractivity contribution in [1.82, 2.24) is 18.7 Å². The molecule has 1 aromatic carbocycles. The van der Waals surface area contributed by atoms with Gasteiger partial charge in [-0.1, -0.05) is 12.1 Å². The SMILES string of the molecule is Cn1c(=O)c2c(nc(S(=O)(=O)Cc3ccc(F)cc3)n2C)n(C)c1=O. The van der Waals surface area contributed by atoms with Crippen LogP contribution in [-0.2, 0) is 36.7 Å². The van der Waals surface area contributed by atoms with Crippen LogP contribution in [0.2, 0.25) is 0 Å². The average Bonchev–Trinajstić information content (AvgIpc) is 2.91. The Morgan fingerprint density at radius 2 is 1.60 bits per heavy atom. The number of nitrogens with zero attached hydrogens (tertiary/aromatic N) is 4. The molecule has 0 amide bonds. The van der Waals surface area contributed by atoms with E-state index in [0.29, 0.717) is 5.56 Å². The number of aromatic nitrogens is 4. The molecule has 10 heteroatoms. The van der Waals surface area contributed by atoms with Crippen LogP contribution in [0.1, 0.15) is 5.56 Å². The molecular formula is C15H15FN4O4S. The first-order valence-corrected chi connectivity index (χ1v) is 8.88. The number of fused-ring (bicyclic) bond motifs is 1. The molecule has 2 aromatic heterocycles. The average molecular weight is 366 g/mol. The molecule has 0 saturated heterocycles. The minimum absolute atomic E-state index is 0.00622. The van der Waals surface area contributed by atoms with Gasteiger partial charge in [-0.2, -0.15) is 4.98 Å². The standard InChI is InChI=1S/C15H15FN4O4S/c1-18-11-12(19(2)15(22)20(3)13(11)21)17-14(18)25(23,24)8-9-4-6-10(16)7-5-9/h4-7H,8H2,1-3H3. The molecular weight excluding hydrogens is 351 g/mol. The number of aryl methyl sites for hydroxylation is 2. The predicted octanol–water partition coefficient (Wildman–Crippen LogP) is 0.0837. The molecule has 8 nitrogen and oxygen atoms in total. The van der Waals surface area contributed by atoms with Crippen molar-refractivity contribution in [2.45, 2.75) is 10.9 Å². The smallest absolute Gasteiger partial charge is 0.312 e. The zero-order valence-electron chi connectivity index (χ0n) is 13.7. The molecule has 0 radical (unpaired) electrons. The van der Waals surface area contributed by atoms with Crippen LogP contribution in [0.25, 0.3) is 11.2 Å². The molecule has 0 aliphatic carbocycles. The third-order valence-corrected chi connectivity index (χ3v) is 5.62. The Balaban J connectivity index is 2.22. The van der Waals surface area contributed by atoms with E-state index < -0.39 is 32.7 Å². The number of sulfone groups is 1. The molecule has 25 heavy (non-hydrogen) atoms. The normalized spacial score (nSPS) is 12.0. The summed E-state index contributed by atoms with van der Waals surface area (Å²) in [4.78, 5) is 28.3. The molecule has 0 atom stereocenters. The van der Waals surface area contributed by atoms with Gasteiger partial charge in [-0.25, -0.2) is 17.6 Å². The number of hydrogen-bond donors (Lipinski definition) is 0. The first-order chi connectivity index (χ1) is 11.6. The summed E-state index contributed by atoms with van der Waals surface area (Å²) in [5.74, 6) is -0.874. The minimum atomic E-state index is -3.91. The highest BCUT2D eigenvalue weighted by atomic mass is 32.2. The number of rotatable bonds is 3. The van der Waals surface area contributed by atoms with Crippen molar-refractivity contribution in [2.75, 3.05) is 0 Å². The Morgan fingerprint density at radius 1 is 1.00 bits per heavy atom. The van der Waals surface area contributed by atoms with Gasteiger partial charge in [0.1, 0.15) is 5.82 Å². The van der Waals surface area contributed by atoms with E-state index in [0.717, 1.165) is 13.7 Å². The molecule has 3 aromatic rings. The van der Waals surface area contributed by atoms with E-state index in [1.54, 1.807) is 0 Å². The Hall–Kier alpha value is -2.75. The topological polar surface area (TPSA) is 96.0 Å². The lowest BCUT2D eigenvalue weighted by atomic mass is 10.2. The molecule has 0 aliphatic heterocycles. The van der Waals surface area contributed by atoms with Crippen LogP contribution in [-0.4, -0.2) is 27.1 Å². The van der Waals surface area contributed by atoms with Crippen LogP contribution in [0, 0.1) is 5.82 Å². The number of imidazole rings is 1. The van der Waals surface area contributed by atoms with Gasteiger partial charge < -0.3 is 4.57 Å². The van der Waals surface area contributed by atoms with Crippen LogP contribution < -0.4 is 11.2 Å². The van der Waals surface area contributed by atoms with Gasteiger partial charge in [-0.3, -0.25) is 13.9 Å². The van der Waals surface area contributed by atoms with Crippen LogP contribution >= 0.6 is 0 Å². The van der Waals surface area contributed by atoms with E-state index in [1.165, 1.54) is 45.4 Å². The molecule has 0 fully saturated rings. The van der Waals surface area contributed by atoms with Gasteiger partial charge in [0.15, 0.2) is 11.2 Å². The van der Waals surface area contributed by atoms with Crippen molar-refractivity contribution in [3.8, 4) is 0 Å². The van der Waals surface area contributed by atoms with Crippen molar-refractivity contribution in [3.05, 3.63) is 56.5 Å². The van der Waals surface area contributed by atoms with E-state index in [9.17, 15) is 22.4 Å². The van der Waals surface area contributed by atoms with Gasteiger partial charge in [0.25, 0.3) is 5.56 Å². The van der Waals surface area contributed by atoms with Crippen LogP contribution in [0.3, 0.4) is 0 Å². The predicted molar refractivity (Wildman–Crippen MR) is 88.5 cm³/mol. The summed E-state index contributed by atoms with van der Waals surface area (Å²) in [6.07, 6.45) is 0. The fourth-order valence-corrected chi connectivity index (χ4v) is 4.14. The molecule has 0 unspecified atom stereocenters. The van der Waals surface area contributed by atoms with Crippen LogP contribution in [0.15, 0.2) is 39.0 Å². The van der Waals surface area contributed by atoms with Crippen molar-refractivity contribution in [1.29, 1.82) is 0 Å². The molecule has 0 N–H and O–H groups in total. The molecule has 0 saturated carbocycles. The highest BCUT2D eigenvalue weighted by Crippen LogP contribution is 2.19. The molecule has 3 rings (SSSR count). The molecule has 0 aliphatic rings. The first-order valence-electron chi connectivity index (χ1n) is 7.23. The second-order valence-corrected chi connectivity index (χ2v) is 7.60. The maximum atomic E-state index is 13.0. The van der Waals surface area contributed by atoms with Crippen LogP contribution in [0.5, 0.6) is 0 Å². The Bertz CT molecular complexity index is 1200. The van der Waals surface area contributed by atoms with Crippen LogP contribution in [0.4, 0.5) is 4.39 Å². The summed E-state index contributed by atoms with van der Waals surface area (Å²) in [5, 5.41) is -0.329. The third-order valence-electron chi connectivity index (χ3n) is 3.98. The van der Waals surface area contributed by atoms with Gasteiger partial charge in [0.2, 0.25) is 15.0 Å². The van der Waals surface area contributed by atoms with Crippen molar-refractivity contribution in [2.24, 2.45) is 21.1 Å². The van der Waals surface area contributed by atoms with E-state index in [-0.39, 0.29) is 16.3 Å².